The third kappa shape index (κ3) is 7.61. The van der Waals surface area contributed by atoms with Crippen LogP contribution in [0.5, 0.6) is 5.75 Å². The molecule has 0 aliphatic carbocycles. The Balaban J connectivity index is 1.92. The summed E-state index contributed by atoms with van der Waals surface area (Å²) in [5.74, 6) is 1.74. The van der Waals surface area contributed by atoms with Gasteiger partial charge in [-0.25, -0.2) is 0 Å². The predicted molar refractivity (Wildman–Crippen MR) is 115 cm³/mol. The maximum absolute atomic E-state index is 5.67. The Labute approximate surface area is 168 Å². The van der Waals surface area contributed by atoms with Gasteiger partial charge in [0.1, 0.15) is 11.5 Å². The van der Waals surface area contributed by atoms with Gasteiger partial charge in [0.2, 0.25) is 0 Å². The normalized spacial score (nSPS) is 10.8. The van der Waals surface area contributed by atoms with Crippen molar-refractivity contribution in [2.24, 2.45) is 0 Å². The minimum Gasteiger partial charge on any atom is -0.497 e. The van der Waals surface area contributed by atoms with Gasteiger partial charge in [-0.3, -0.25) is 0 Å². The Bertz CT molecular complexity index is 659. The summed E-state index contributed by atoms with van der Waals surface area (Å²) in [5.41, 5.74) is 0.949. The molecule has 5 nitrogen and oxygen atoms in total. The van der Waals surface area contributed by atoms with Crippen LogP contribution in [0.2, 0.25) is 0 Å². The highest BCUT2D eigenvalue weighted by atomic mass is 32.1. The van der Waals surface area contributed by atoms with Crippen LogP contribution in [0.4, 0.5) is 5.69 Å². The number of anilines is 1. The molecule has 2 aromatic rings. The van der Waals surface area contributed by atoms with E-state index in [-0.39, 0.29) is 0 Å². The van der Waals surface area contributed by atoms with Gasteiger partial charge in [-0.15, -0.1) is 0 Å². The zero-order valence-electron chi connectivity index (χ0n) is 16.6. The largest absolute Gasteiger partial charge is 0.497 e. The number of methoxy groups -OCH3 is 1. The van der Waals surface area contributed by atoms with Crippen LogP contribution in [0, 0.1) is 0 Å². The molecule has 1 aromatic heterocycles. The van der Waals surface area contributed by atoms with E-state index in [0.717, 1.165) is 43.3 Å². The third-order valence-corrected chi connectivity index (χ3v) is 4.78. The zero-order chi connectivity index (χ0) is 19.5. The van der Waals surface area contributed by atoms with Gasteiger partial charge in [0.25, 0.3) is 0 Å². The number of nitrogens with one attached hydrogen (secondary N) is 1. The summed E-state index contributed by atoms with van der Waals surface area (Å²) in [6.45, 7) is 5.96. The van der Waals surface area contributed by atoms with Crippen LogP contribution < -0.4 is 10.1 Å². The molecule has 148 valence electrons. The molecule has 0 radical (unpaired) electrons. The molecule has 0 aliphatic heterocycles. The fourth-order valence-electron chi connectivity index (χ4n) is 2.79. The number of hydrogen-bond donors (Lipinski definition) is 1. The van der Waals surface area contributed by atoms with Gasteiger partial charge in [0.05, 0.1) is 19.9 Å². The summed E-state index contributed by atoms with van der Waals surface area (Å²) in [6, 6.07) is 11.7. The number of nitrogens with zero attached hydrogens (tertiary/aromatic N) is 2. The number of benzene rings is 1. The topological polar surface area (TPSA) is 40.9 Å². The highest BCUT2D eigenvalue weighted by Crippen LogP contribution is 2.16. The van der Waals surface area contributed by atoms with Gasteiger partial charge < -0.3 is 24.3 Å². The van der Waals surface area contributed by atoms with Gasteiger partial charge in [-0.2, -0.15) is 0 Å². The number of hydrogen-bond acceptors (Lipinski definition) is 4. The van der Waals surface area contributed by atoms with Crippen molar-refractivity contribution in [2.75, 3.05) is 39.1 Å². The maximum Gasteiger partial charge on any atom is 0.173 e. The lowest BCUT2D eigenvalue weighted by Gasteiger charge is -2.26. The highest BCUT2D eigenvalue weighted by molar-refractivity contribution is 7.80. The average Bonchev–Trinajstić information content (AvgIpc) is 3.19. The minimum absolute atomic E-state index is 0.660. The summed E-state index contributed by atoms with van der Waals surface area (Å²) in [6.07, 6.45) is 5.21. The molecule has 0 aliphatic rings. The first kappa shape index (κ1) is 21.3. The van der Waals surface area contributed by atoms with Crippen molar-refractivity contribution in [3.8, 4) is 5.75 Å². The minimum atomic E-state index is 0.660. The van der Waals surface area contributed by atoms with Gasteiger partial charge >= 0.3 is 0 Å². The molecule has 6 heteroatoms. The second-order valence-electron chi connectivity index (χ2n) is 6.67. The van der Waals surface area contributed by atoms with E-state index in [1.54, 1.807) is 13.4 Å². The lowest BCUT2D eigenvalue weighted by molar-refractivity contribution is 0.293. The molecule has 0 saturated heterocycles. The molecule has 0 bridgehead atoms. The highest BCUT2D eigenvalue weighted by Gasteiger charge is 2.13. The summed E-state index contributed by atoms with van der Waals surface area (Å²) in [4.78, 5) is 4.54. The van der Waals surface area contributed by atoms with E-state index >= 15 is 0 Å². The van der Waals surface area contributed by atoms with Gasteiger partial charge in [-0.05, 0) is 81.6 Å². The molecular formula is C21H31N3O2S. The van der Waals surface area contributed by atoms with Crippen LogP contribution in [0.15, 0.2) is 47.1 Å². The van der Waals surface area contributed by atoms with Crippen LogP contribution in [0.1, 0.15) is 31.9 Å². The Kier molecular flexibility index (Phi) is 9.15. The molecular weight excluding hydrogens is 358 g/mol. The van der Waals surface area contributed by atoms with E-state index in [9.17, 15) is 0 Å². The van der Waals surface area contributed by atoms with E-state index < -0.39 is 0 Å². The average molecular weight is 390 g/mol. The van der Waals surface area contributed by atoms with E-state index in [0.29, 0.717) is 11.7 Å². The molecule has 1 aromatic carbocycles. The Hall–Kier alpha value is -2.05. The van der Waals surface area contributed by atoms with Crippen LogP contribution in [-0.2, 0) is 6.54 Å². The summed E-state index contributed by atoms with van der Waals surface area (Å²) >= 11 is 5.67. The molecule has 0 saturated carbocycles. The molecule has 0 fully saturated rings. The van der Waals surface area contributed by atoms with E-state index in [1.165, 1.54) is 12.8 Å². The summed E-state index contributed by atoms with van der Waals surface area (Å²) in [5, 5.41) is 4.03. The molecule has 0 atom stereocenters. The van der Waals surface area contributed by atoms with Crippen molar-refractivity contribution < 1.29 is 9.15 Å². The monoisotopic (exact) mass is 389 g/mol. The van der Waals surface area contributed by atoms with Crippen LogP contribution >= 0.6 is 12.2 Å². The van der Waals surface area contributed by atoms with Gasteiger partial charge in [-0.1, -0.05) is 13.3 Å². The number of furan rings is 1. The number of rotatable bonds is 11. The van der Waals surface area contributed by atoms with Crippen LogP contribution in [0.3, 0.4) is 0 Å². The van der Waals surface area contributed by atoms with Crippen molar-refractivity contribution in [3.05, 3.63) is 48.4 Å². The SMILES string of the molecule is CCCCN(C)CCCN(Cc1ccco1)C(=S)Nc1ccc(OC)cc1. The summed E-state index contributed by atoms with van der Waals surface area (Å²) in [7, 11) is 3.84. The number of thiocarbonyl (C=S) groups is 1. The third-order valence-electron chi connectivity index (χ3n) is 4.42. The van der Waals surface area contributed by atoms with Crippen LogP contribution in [0.25, 0.3) is 0 Å². The van der Waals surface area contributed by atoms with Crippen molar-refractivity contribution in [2.45, 2.75) is 32.7 Å². The first-order chi connectivity index (χ1) is 13.1. The maximum atomic E-state index is 5.67. The first-order valence-electron chi connectivity index (χ1n) is 9.53. The molecule has 0 amide bonds. The molecule has 1 N–H and O–H groups in total. The van der Waals surface area contributed by atoms with Crippen LogP contribution in [-0.4, -0.2) is 48.7 Å². The smallest absolute Gasteiger partial charge is 0.173 e. The lowest BCUT2D eigenvalue weighted by atomic mass is 10.3. The fourth-order valence-corrected chi connectivity index (χ4v) is 3.06. The first-order valence-corrected chi connectivity index (χ1v) is 9.94. The van der Waals surface area contributed by atoms with Crippen molar-refractivity contribution >= 4 is 23.0 Å². The van der Waals surface area contributed by atoms with Crippen molar-refractivity contribution in [3.63, 3.8) is 0 Å². The molecule has 0 unspecified atom stereocenters. The molecule has 1 heterocycles. The van der Waals surface area contributed by atoms with Gasteiger partial charge in [0.15, 0.2) is 5.11 Å². The lowest BCUT2D eigenvalue weighted by Crippen LogP contribution is -2.36. The quantitative estimate of drug-likeness (QED) is 0.566. The predicted octanol–water partition coefficient (Wildman–Crippen LogP) is 4.61. The Morgan fingerprint density at radius 2 is 1.85 bits per heavy atom. The van der Waals surface area contributed by atoms with E-state index in [4.69, 9.17) is 21.4 Å². The fraction of sp³-hybridized carbons (Fsp3) is 0.476. The zero-order valence-corrected chi connectivity index (χ0v) is 17.4. The number of unbranched alkanes of at least 4 members (excludes halogenated alkanes) is 1. The Morgan fingerprint density at radius 3 is 2.48 bits per heavy atom. The Morgan fingerprint density at radius 1 is 1.11 bits per heavy atom. The standard InChI is InChI=1S/C21H31N3O2S/c1-4-5-13-23(2)14-7-15-24(17-20-8-6-16-26-20)21(27)22-18-9-11-19(25-3)12-10-18/h6,8-12,16H,4-5,7,13-15,17H2,1-3H3,(H,22,27). The van der Waals surface area contributed by atoms with Crippen molar-refractivity contribution in [1.82, 2.24) is 9.80 Å². The molecule has 27 heavy (non-hydrogen) atoms. The second-order valence-corrected chi connectivity index (χ2v) is 7.06. The number of ether oxygens (including phenoxy) is 1. The molecule has 0 spiro atoms. The molecule has 2 rings (SSSR count). The van der Waals surface area contributed by atoms with Crippen molar-refractivity contribution in [1.29, 1.82) is 0 Å². The second kappa shape index (κ2) is 11.6. The van der Waals surface area contributed by atoms with E-state index in [1.807, 2.05) is 36.4 Å². The van der Waals surface area contributed by atoms with Gasteiger partial charge in [0, 0.05) is 12.2 Å². The summed E-state index contributed by atoms with van der Waals surface area (Å²) < 4.78 is 10.7. The van der Waals surface area contributed by atoms with E-state index in [2.05, 4.69) is 29.1 Å².